The van der Waals surface area contributed by atoms with Gasteiger partial charge in [-0.25, -0.2) is 0 Å². The molecule has 1 aromatic heterocycles. The van der Waals surface area contributed by atoms with E-state index in [0.29, 0.717) is 0 Å². The van der Waals surface area contributed by atoms with Gasteiger partial charge in [0.25, 0.3) is 0 Å². The lowest BCUT2D eigenvalue weighted by atomic mass is 10.2. The minimum Gasteiger partial charge on any atom is -0.147 e. The summed E-state index contributed by atoms with van der Waals surface area (Å²) in [7, 11) is 0. The van der Waals surface area contributed by atoms with Crippen molar-refractivity contribution >= 4 is 22.9 Å². The lowest BCUT2D eigenvalue weighted by Crippen LogP contribution is -2.03. The number of rotatable bonds is 1. The summed E-state index contributed by atoms with van der Waals surface area (Å²) in [4.78, 5) is 1.04. The number of hydrogen-bond donors (Lipinski definition) is 0. The Labute approximate surface area is 64.5 Å². The molecule has 0 radical (unpaired) electrons. The Morgan fingerprint density at radius 1 is 1.56 bits per heavy atom. The zero-order chi connectivity index (χ0) is 6.91. The van der Waals surface area contributed by atoms with E-state index in [1.54, 1.807) is 11.3 Å². The van der Waals surface area contributed by atoms with E-state index in [2.05, 4.69) is 6.07 Å². The quantitative estimate of drug-likeness (QED) is 0.554. The summed E-state index contributed by atoms with van der Waals surface area (Å²) in [6.07, 6.45) is 0. The van der Waals surface area contributed by atoms with Crippen LogP contribution in [0.25, 0.3) is 0 Å². The number of halogens is 1. The van der Waals surface area contributed by atoms with E-state index < -0.39 is 0 Å². The topological polar surface area (TPSA) is 0 Å². The highest BCUT2D eigenvalue weighted by Gasteiger charge is 2.16. The second-order valence-corrected chi connectivity index (χ2v) is 4.34. The standard InChI is InChI=1S/C7H9ClS/c1-7(2,8)6-4-3-5-9-6/h3-5H,1-2H3. The molecule has 0 aromatic carbocycles. The normalized spacial score (nSPS) is 11.9. The number of thiophene rings is 1. The molecule has 0 aliphatic rings. The Kier molecular flexibility index (Phi) is 1.83. The van der Waals surface area contributed by atoms with E-state index in [0.717, 1.165) is 0 Å². The van der Waals surface area contributed by atoms with Crippen molar-refractivity contribution in [2.75, 3.05) is 0 Å². The molecule has 0 amide bonds. The fourth-order valence-electron chi connectivity index (χ4n) is 0.617. The highest BCUT2D eigenvalue weighted by atomic mass is 35.5. The molecule has 0 atom stereocenters. The van der Waals surface area contributed by atoms with Crippen LogP contribution in [-0.4, -0.2) is 0 Å². The molecule has 50 valence electrons. The summed E-state index contributed by atoms with van der Waals surface area (Å²) in [5.41, 5.74) is 0. The molecule has 0 spiro atoms. The van der Waals surface area contributed by atoms with E-state index in [1.807, 2.05) is 25.3 Å². The van der Waals surface area contributed by atoms with E-state index in [-0.39, 0.29) is 4.87 Å². The third kappa shape index (κ3) is 1.70. The van der Waals surface area contributed by atoms with Crippen LogP contribution in [0.2, 0.25) is 0 Å². The fraction of sp³-hybridized carbons (Fsp3) is 0.429. The molecule has 0 unspecified atom stereocenters. The molecule has 2 heteroatoms. The van der Waals surface area contributed by atoms with Crippen LogP contribution >= 0.6 is 22.9 Å². The molecule has 0 aliphatic carbocycles. The Hall–Kier alpha value is -0.0100. The first kappa shape index (κ1) is 7.10. The second kappa shape index (κ2) is 2.31. The predicted molar refractivity (Wildman–Crippen MR) is 43.2 cm³/mol. The molecule has 0 aliphatic heterocycles. The van der Waals surface area contributed by atoms with Gasteiger partial charge in [-0.1, -0.05) is 6.07 Å². The largest absolute Gasteiger partial charge is 0.147 e. The Balaban J connectivity index is 2.90. The van der Waals surface area contributed by atoms with Crippen LogP contribution < -0.4 is 0 Å². The zero-order valence-electron chi connectivity index (χ0n) is 5.52. The molecule has 1 aromatic rings. The second-order valence-electron chi connectivity index (χ2n) is 2.45. The van der Waals surface area contributed by atoms with Crippen LogP contribution in [-0.2, 0) is 4.87 Å². The monoisotopic (exact) mass is 160 g/mol. The van der Waals surface area contributed by atoms with Crippen molar-refractivity contribution < 1.29 is 0 Å². The van der Waals surface area contributed by atoms with Gasteiger partial charge < -0.3 is 0 Å². The average molecular weight is 161 g/mol. The Morgan fingerprint density at radius 3 is 2.44 bits per heavy atom. The van der Waals surface area contributed by atoms with Crippen molar-refractivity contribution in [2.24, 2.45) is 0 Å². The van der Waals surface area contributed by atoms with Gasteiger partial charge in [-0.2, -0.15) is 0 Å². The first-order valence-electron chi connectivity index (χ1n) is 2.83. The van der Waals surface area contributed by atoms with Gasteiger partial charge in [0.15, 0.2) is 0 Å². The van der Waals surface area contributed by atoms with Crippen molar-refractivity contribution in [1.29, 1.82) is 0 Å². The van der Waals surface area contributed by atoms with Crippen molar-refractivity contribution in [3.63, 3.8) is 0 Å². The van der Waals surface area contributed by atoms with E-state index in [4.69, 9.17) is 11.6 Å². The summed E-state index contributed by atoms with van der Waals surface area (Å²) in [5, 5.41) is 2.04. The van der Waals surface area contributed by atoms with Crippen LogP contribution in [0.4, 0.5) is 0 Å². The molecule has 1 rings (SSSR count). The first-order chi connectivity index (χ1) is 4.11. The maximum atomic E-state index is 6.01. The van der Waals surface area contributed by atoms with Gasteiger partial charge in [0.05, 0.1) is 4.87 Å². The van der Waals surface area contributed by atoms with Crippen LogP contribution in [0.5, 0.6) is 0 Å². The molecule has 0 saturated heterocycles. The predicted octanol–water partition coefficient (Wildman–Crippen LogP) is 3.22. The highest BCUT2D eigenvalue weighted by molar-refractivity contribution is 7.10. The van der Waals surface area contributed by atoms with Gasteiger partial charge in [-0.3, -0.25) is 0 Å². The smallest absolute Gasteiger partial charge is 0.0731 e. The van der Waals surface area contributed by atoms with Gasteiger partial charge in [-0.15, -0.1) is 22.9 Å². The van der Waals surface area contributed by atoms with Gasteiger partial charge in [0.1, 0.15) is 0 Å². The molecular weight excluding hydrogens is 152 g/mol. The number of hydrogen-bond acceptors (Lipinski definition) is 1. The van der Waals surface area contributed by atoms with Crippen LogP contribution in [0.1, 0.15) is 18.7 Å². The molecular formula is C7H9ClS. The molecule has 1 heterocycles. The summed E-state index contributed by atoms with van der Waals surface area (Å²) < 4.78 is 0. The van der Waals surface area contributed by atoms with E-state index >= 15 is 0 Å². The molecule has 0 N–H and O–H groups in total. The highest BCUT2D eigenvalue weighted by Crippen LogP contribution is 2.30. The molecule has 0 fully saturated rings. The van der Waals surface area contributed by atoms with Crippen molar-refractivity contribution in [3.05, 3.63) is 22.4 Å². The SMILES string of the molecule is CC(C)(Cl)c1cccs1. The van der Waals surface area contributed by atoms with Crippen molar-refractivity contribution in [1.82, 2.24) is 0 Å². The Morgan fingerprint density at radius 2 is 2.22 bits per heavy atom. The number of alkyl halides is 1. The summed E-state index contributed by atoms with van der Waals surface area (Å²) in [6.45, 7) is 4.00. The van der Waals surface area contributed by atoms with Crippen molar-refractivity contribution in [2.45, 2.75) is 18.7 Å². The summed E-state index contributed by atoms with van der Waals surface area (Å²) >= 11 is 7.71. The minimum atomic E-state index is -0.186. The van der Waals surface area contributed by atoms with E-state index in [9.17, 15) is 0 Å². The first-order valence-corrected chi connectivity index (χ1v) is 4.09. The summed E-state index contributed by atoms with van der Waals surface area (Å²) in [6, 6.07) is 4.07. The van der Waals surface area contributed by atoms with Gasteiger partial charge >= 0.3 is 0 Å². The molecule has 0 saturated carbocycles. The zero-order valence-corrected chi connectivity index (χ0v) is 7.09. The minimum absolute atomic E-state index is 0.186. The maximum absolute atomic E-state index is 6.01. The fourth-order valence-corrected chi connectivity index (χ4v) is 1.55. The van der Waals surface area contributed by atoms with Crippen LogP contribution in [0.15, 0.2) is 17.5 Å². The third-order valence-electron chi connectivity index (χ3n) is 1.11. The average Bonchev–Trinajstić information content (AvgIpc) is 2.08. The third-order valence-corrected chi connectivity index (χ3v) is 2.62. The van der Waals surface area contributed by atoms with Crippen LogP contribution in [0, 0.1) is 0 Å². The van der Waals surface area contributed by atoms with Crippen molar-refractivity contribution in [3.8, 4) is 0 Å². The molecule has 0 bridgehead atoms. The summed E-state index contributed by atoms with van der Waals surface area (Å²) in [5.74, 6) is 0. The molecule has 9 heavy (non-hydrogen) atoms. The van der Waals surface area contributed by atoms with Gasteiger partial charge in [-0.05, 0) is 25.3 Å². The lowest BCUT2D eigenvalue weighted by Gasteiger charge is -2.11. The maximum Gasteiger partial charge on any atom is 0.0731 e. The Bertz CT molecular complexity index is 171. The lowest BCUT2D eigenvalue weighted by molar-refractivity contribution is 0.786. The molecule has 0 nitrogen and oxygen atoms in total. The van der Waals surface area contributed by atoms with Crippen LogP contribution in [0.3, 0.4) is 0 Å². The van der Waals surface area contributed by atoms with Gasteiger partial charge in [0, 0.05) is 4.88 Å². The van der Waals surface area contributed by atoms with E-state index in [1.165, 1.54) is 4.88 Å². The van der Waals surface area contributed by atoms with Gasteiger partial charge in [0.2, 0.25) is 0 Å².